The molecular formula is C24H22INO2. The fourth-order valence-electron chi connectivity index (χ4n) is 3.57. The smallest absolute Gasteiger partial charge is 0.326 e. The van der Waals surface area contributed by atoms with Crippen LogP contribution in [0.5, 0.6) is 5.75 Å². The monoisotopic (exact) mass is 483 g/mol. The maximum absolute atomic E-state index is 12.0. The molecule has 1 aliphatic rings. The van der Waals surface area contributed by atoms with Crippen LogP contribution >= 0.6 is 22.6 Å². The summed E-state index contributed by atoms with van der Waals surface area (Å²) >= 11 is 2.08. The molecule has 3 aromatic carbocycles. The van der Waals surface area contributed by atoms with Crippen LogP contribution in [0.3, 0.4) is 0 Å². The highest BCUT2D eigenvalue weighted by Crippen LogP contribution is 2.44. The van der Waals surface area contributed by atoms with Gasteiger partial charge >= 0.3 is 5.97 Å². The normalized spacial score (nSPS) is 13.0. The molecule has 0 atom stereocenters. The van der Waals surface area contributed by atoms with E-state index in [0.29, 0.717) is 11.7 Å². The van der Waals surface area contributed by atoms with Crippen molar-refractivity contribution in [2.24, 2.45) is 0 Å². The number of fused-ring (bicyclic) bond motifs is 3. The van der Waals surface area contributed by atoms with Crippen molar-refractivity contribution in [2.45, 2.75) is 23.2 Å². The molecule has 142 valence electrons. The first-order valence-corrected chi connectivity index (χ1v) is 10.4. The molecule has 1 N–H and O–H groups in total. The summed E-state index contributed by atoms with van der Waals surface area (Å²) in [7, 11) is 0. The second kappa shape index (κ2) is 7.59. The predicted octanol–water partition coefficient (Wildman–Crippen LogP) is 6.03. The standard InChI is InChI=1S/C24H22INO2/c1-24(2,25)23(27)28-17-13-11-16(12-14-17)26-15-22-20-9-5-3-7-18(20)19-8-4-6-10-21(19)22/h3-14,22,26H,15H2,1-2H3. The minimum absolute atomic E-state index is 0.243. The van der Waals surface area contributed by atoms with E-state index in [-0.39, 0.29) is 5.97 Å². The lowest BCUT2D eigenvalue weighted by Crippen LogP contribution is -2.28. The molecule has 0 saturated heterocycles. The first-order chi connectivity index (χ1) is 13.4. The zero-order valence-electron chi connectivity index (χ0n) is 15.9. The van der Waals surface area contributed by atoms with Gasteiger partial charge in [0.2, 0.25) is 0 Å². The lowest BCUT2D eigenvalue weighted by Gasteiger charge is -2.17. The molecule has 0 amide bonds. The molecule has 0 saturated carbocycles. The van der Waals surface area contributed by atoms with Crippen LogP contribution in [0.25, 0.3) is 11.1 Å². The summed E-state index contributed by atoms with van der Waals surface area (Å²) in [4.78, 5) is 12.0. The van der Waals surface area contributed by atoms with E-state index in [0.717, 1.165) is 12.2 Å². The van der Waals surface area contributed by atoms with Crippen molar-refractivity contribution in [2.75, 3.05) is 11.9 Å². The van der Waals surface area contributed by atoms with Gasteiger partial charge in [-0.3, -0.25) is 4.79 Å². The molecule has 0 fully saturated rings. The summed E-state index contributed by atoms with van der Waals surface area (Å²) in [6, 6.07) is 24.8. The molecule has 0 aromatic heterocycles. The Bertz CT molecular complexity index is 960. The molecule has 0 heterocycles. The van der Waals surface area contributed by atoms with E-state index < -0.39 is 3.42 Å². The summed E-state index contributed by atoms with van der Waals surface area (Å²) in [6.07, 6.45) is 0. The number of carbonyl (C=O) groups is 1. The Kier molecular flexibility index (Phi) is 5.15. The number of ether oxygens (including phenoxy) is 1. The largest absolute Gasteiger partial charge is 0.426 e. The Balaban J connectivity index is 1.47. The Morgan fingerprint density at radius 3 is 2.00 bits per heavy atom. The van der Waals surface area contributed by atoms with Crippen molar-refractivity contribution in [3.8, 4) is 16.9 Å². The van der Waals surface area contributed by atoms with Crippen molar-refractivity contribution in [3.63, 3.8) is 0 Å². The van der Waals surface area contributed by atoms with Gasteiger partial charge in [0.1, 0.15) is 9.17 Å². The number of carbonyl (C=O) groups excluding carboxylic acids is 1. The van der Waals surface area contributed by atoms with E-state index >= 15 is 0 Å². The molecular weight excluding hydrogens is 461 g/mol. The average molecular weight is 483 g/mol. The number of hydrogen-bond donors (Lipinski definition) is 1. The van der Waals surface area contributed by atoms with Crippen LogP contribution in [0.4, 0.5) is 5.69 Å². The third kappa shape index (κ3) is 3.78. The summed E-state index contributed by atoms with van der Waals surface area (Å²) in [5, 5.41) is 3.54. The third-order valence-corrected chi connectivity index (χ3v) is 5.46. The lowest BCUT2D eigenvalue weighted by molar-refractivity contribution is -0.135. The third-order valence-electron chi connectivity index (χ3n) is 5.02. The molecule has 0 unspecified atom stereocenters. The van der Waals surface area contributed by atoms with Crippen LogP contribution < -0.4 is 10.1 Å². The molecule has 3 aromatic rings. The summed E-state index contributed by atoms with van der Waals surface area (Å²) in [5.74, 6) is 0.648. The highest BCUT2D eigenvalue weighted by atomic mass is 127. The SMILES string of the molecule is CC(C)(I)C(=O)Oc1ccc(NCC2c3ccccc3-c3ccccc32)cc1. The average Bonchev–Trinajstić information content (AvgIpc) is 3.01. The molecule has 4 heteroatoms. The number of esters is 1. The van der Waals surface area contributed by atoms with Gasteiger partial charge in [-0.2, -0.15) is 0 Å². The Morgan fingerprint density at radius 2 is 1.46 bits per heavy atom. The van der Waals surface area contributed by atoms with E-state index in [1.807, 2.05) is 38.1 Å². The molecule has 0 spiro atoms. The first-order valence-electron chi connectivity index (χ1n) is 9.37. The molecule has 4 rings (SSSR count). The fraction of sp³-hybridized carbons (Fsp3) is 0.208. The van der Waals surface area contributed by atoms with Gasteiger partial charge < -0.3 is 10.1 Å². The molecule has 1 aliphatic carbocycles. The van der Waals surface area contributed by atoms with E-state index in [9.17, 15) is 4.79 Å². The van der Waals surface area contributed by atoms with Crippen molar-refractivity contribution in [3.05, 3.63) is 83.9 Å². The number of halogens is 1. The number of alkyl halides is 1. The Labute approximate surface area is 179 Å². The van der Waals surface area contributed by atoms with Crippen LogP contribution in [-0.4, -0.2) is 15.9 Å². The van der Waals surface area contributed by atoms with Crippen LogP contribution in [0.2, 0.25) is 0 Å². The van der Waals surface area contributed by atoms with Crippen LogP contribution in [0, 0.1) is 0 Å². The van der Waals surface area contributed by atoms with Gasteiger partial charge in [0.25, 0.3) is 0 Å². The molecule has 3 nitrogen and oxygen atoms in total. The van der Waals surface area contributed by atoms with Gasteiger partial charge in [-0.15, -0.1) is 0 Å². The predicted molar refractivity (Wildman–Crippen MR) is 122 cm³/mol. The summed E-state index contributed by atoms with van der Waals surface area (Å²) < 4.78 is 4.89. The van der Waals surface area contributed by atoms with Gasteiger partial charge in [0.05, 0.1) is 0 Å². The van der Waals surface area contributed by atoms with Crippen molar-refractivity contribution < 1.29 is 9.53 Å². The van der Waals surface area contributed by atoms with Crippen molar-refractivity contribution in [1.82, 2.24) is 0 Å². The van der Waals surface area contributed by atoms with E-state index in [1.54, 1.807) is 0 Å². The number of anilines is 1. The van der Waals surface area contributed by atoms with Crippen molar-refractivity contribution in [1.29, 1.82) is 0 Å². The zero-order valence-corrected chi connectivity index (χ0v) is 18.1. The van der Waals surface area contributed by atoms with E-state index in [2.05, 4.69) is 76.4 Å². The van der Waals surface area contributed by atoms with Crippen LogP contribution in [0.1, 0.15) is 30.9 Å². The molecule has 0 bridgehead atoms. The summed E-state index contributed by atoms with van der Waals surface area (Å²) in [6.45, 7) is 4.49. The quantitative estimate of drug-likeness (QED) is 0.209. The number of hydrogen-bond acceptors (Lipinski definition) is 3. The second-order valence-electron chi connectivity index (χ2n) is 7.49. The Morgan fingerprint density at radius 1 is 0.929 bits per heavy atom. The van der Waals surface area contributed by atoms with E-state index in [1.165, 1.54) is 22.3 Å². The topological polar surface area (TPSA) is 38.3 Å². The van der Waals surface area contributed by atoms with Crippen LogP contribution in [-0.2, 0) is 4.79 Å². The minimum atomic E-state index is -0.544. The fourth-order valence-corrected chi connectivity index (χ4v) is 3.68. The van der Waals surface area contributed by atoms with Crippen molar-refractivity contribution >= 4 is 34.2 Å². The van der Waals surface area contributed by atoms with Gasteiger partial charge in [-0.1, -0.05) is 71.1 Å². The highest BCUT2D eigenvalue weighted by molar-refractivity contribution is 14.1. The van der Waals surface area contributed by atoms with Gasteiger partial charge in [0, 0.05) is 18.2 Å². The molecule has 0 radical (unpaired) electrons. The van der Waals surface area contributed by atoms with Gasteiger partial charge in [-0.05, 0) is 60.4 Å². The van der Waals surface area contributed by atoms with E-state index in [4.69, 9.17) is 4.74 Å². The summed E-state index contributed by atoms with van der Waals surface area (Å²) in [5.41, 5.74) is 6.40. The van der Waals surface area contributed by atoms with Gasteiger partial charge in [-0.25, -0.2) is 0 Å². The Hall–Kier alpha value is -2.34. The number of benzene rings is 3. The molecule has 0 aliphatic heterocycles. The minimum Gasteiger partial charge on any atom is -0.426 e. The highest BCUT2D eigenvalue weighted by Gasteiger charge is 2.28. The second-order valence-corrected chi connectivity index (χ2v) is 10.2. The molecule has 28 heavy (non-hydrogen) atoms. The number of nitrogens with one attached hydrogen (secondary N) is 1. The lowest BCUT2D eigenvalue weighted by atomic mass is 9.97. The maximum Gasteiger partial charge on any atom is 0.326 e. The number of rotatable bonds is 5. The first kappa shape index (κ1) is 19.0. The van der Waals surface area contributed by atoms with Crippen LogP contribution in [0.15, 0.2) is 72.8 Å². The maximum atomic E-state index is 12.0. The van der Waals surface area contributed by atoms with Gasteiger partial charge in [0.15, 0.2) is 0 Å². The zero-order chi connectivity index (χ0) is 19.7.